The van der Waals surface area contributed by atoms with Gasteiger partial charge >= 0.3 is 0 Å². The van der Waals surface area contributed by atoms with Crippen molar-refractivity contribution in [3.8, 4) is 0 Å². The molecule has 25 heavy (non-hydrogen) atoms. The quantitative estimate of drug-likeness (QED) is 0.868. The molecule has 0 unspecified atom stereocenters. The predicted molar refractivity (Wildman–Crippen MR) is 98.9 cm³/mol. The fourth-order valence-corrected chi connectivity index (χ4v) is 3.50. The van der Waals surface area contributed by atoms with E-state index in [4.69, 9.17) is 0 Å². The average molecular weight is 362 g/mol. The largest absolute Gasteiger partial charge is 0.335 e. The highest BCUT2D eigenvalue weighted by atomic mass is 35.5. The minimum Gasteiger partial charge on any atom is -0.335 e. The molecule has 7 heteroatoms. The molecule has 134 valence electrons. The number of halogens is 1. The molecule has 2 N–H and O–H groups in total. The van der Waals surface area contributed by atoms with Crippen LogP contribution in [0.2, 0.25) is 0 Å². The molecule has 1 fully saturated rings. The summed E-state index contributed by atoms with van der Waals surface area (Å²) in [6, 6.07) is 10.5. The molecule has 1 amide bonds. The number of aromatic nitrogens is 2. The van der Waals surface area contributed by atoms with Gasteiger partial charge in [0.2, 0.25) is 0 Å². The number of aromatic amines is 1. The summed E-state index contributed by atoms with van der Waals surface area (Å²) in [6.07, 6.45) is 0.917. The molecule has 0 radical (unpaired) electrons. The van der Waals surface area contributed by atoms with Crippen LogP contribution in [0.25, 0.3) is 0 Å². The normalized spacial score (nSPS) is 17.7. The Morgan fingerprint density at radius 3 is 2.64 bits per heavy atom. The van der Waals surface area contributed by atoms with E-state index >= 15 is 0 Å². The van der Waals surface area contributed by atoms with E-state index < -0.39 is 0 Å². The first kappa shape index (κ1) is 17.9. The first-order valence-corrected chi connectivity index (χ1v) is 8.63. The summed E-state index contributed by atoms with van der Waals surface area (Å²) in [6.45, 7) is 5.98. The van der Waals surface area contributed by atoms with Gasteiger partial charge in [0, 0.05) is 63.5 Å². The molecule has 1 aromatic carbocycles. The Bertz CT molecular complexity index is 710. The zero-order valence-corrected chi connectivity index (χ0v) is 15.0. The maximum atomic E-state index is 12.8. The summed E-state index contributed by atoms with van der Waals surface area (Å²) in [5, 5.41) is 10.7. The molecule has 0 aliphatic carbocycles. The Morgan fingerprint density at radius 2 is 1.88 bits per heavy atom. The number of H-pyrrole nitrogens is 1. The number of nitrogens with zero attached hydrogens (tertiary/aromatic N) is 3. The van der Waals surface area contributed by atoms with Crippen molar-refractivity contribution >= 4 is 18.3 Å². The zero-order valence-electron chi connectivity index (χ0n) is 14.2. The van der Waals surface area contributed by atoms with Crippen LogP contribution < -0.4 is 5.32 Å². The van der Waals surface area contributed by atoms with Crippen LogP contribution in [-0.4, -0.2) is 58.6 Å². The van der Waals surface area contributed by atoms with Crippen LogP contribution in [0.5, 0.6) is 0 Å². The van der Waals surface area contributed by atoms with Crippen LogP contribution in [0.15, 0.2) is 30.3 Å². The number of rotatable bonds is 3. The molecule has 2 aliphatic heterocycles. The summed E-state index contributed by atoms with van der Waals surface area (Å²) in [7, 11) is 0. The van der Waals surface area contributed by atoms with Gasteiger partial charge in [-0.3, -0.25) is 14.8 Å². The van der Waals surface area contributed by atoms with E-state index in [2.05, 4.69) is 44.7 Å². The van der Waals surface area contributed by atoms with Crippen molar-refractivity contribution in [2.75, 3.05) is 32.7 Å². The van der Waals surface area contributed by atoms with Crippen molar-refractivity contribution in [3.05, 3.63) is 52.8 Å². The van der Waals surface area contributed by atoms with Gasteiger partial charge in [0.1, 0.15) is 0 Å². The van der Waals surface area contributed by atoms with Crippen molar-refractivity contribution in [1.29, 1.82) is 0 Å². The number of hydrogen-bond acceptors (Lipinski definition) is 4. The van der Waals surface area contributed by atoms with Crippen LogP contribution >= 0.6 is 12.4 Å². The van der Waals surface area contributed by atoms with E-state index in [0.29, 0.717) is 5.69 Å². The summed E-state index contributed by atoms with van der Waals surface area (Å²) in [5.41, 5.74) is 4.09. The molecule has 2 aliphatic rings. The second-order valence-corrected chi connectivity index (χ2v) is 6.51. The lowest BCUT2D eigenvalue weighted by Crippen LogP contribution is -2.48. The summed E-state index contributed by atoms with van der Waals surface area (Å²) in [4.78, 5) is 17.1. The first-order chi connectivity index (χ1) is 11.8. The molecule has 0 spiro atoms. The van der Waals surface area contributed by atoms with Gasteiger partial charge in [-0.2, -0.15) is 5.10 Å². The molecule has 0 bridgehead atoms. The number of hydrogen-bond donors (Lipinski definition) is 2. The summed E-state index contributed by atoms with van der Waals surface area (Å²) < 4.78 is 0. The lowest BCUT2D eigenvalue weighted by atomic mass is 10.1. The van der Waals surface area contributed by atoms with Crippen LogP contribution in [0, 0.1) is 0 Å². The minimum absolute atomic E-state index is 0. The molecule has 6 nitrogen and oxygen atoms in total. The van der Waals surface area contributed by atoms with E-state index in [-0.39, 0.29) is 18.3 Å². The molecule has 0 saturated carbocycles. The van der Waals surface area contributed by atoms with E-state index in [9.17, 15) is 4.79 Å². The molecule has 4 rings (SSSR count). The maximum Gasteiger partial charge on any atom is 0.274 e. The summed E-state index contributed by atoms with van der Waals surface area (Å²) >= 11 is 0. The standard InChI is InChI=1S/C18H23N5O.ClH/c24-18(17-15-12-19-7-6-16(15)20-21-17)23-10-8-22(9-11-23)13-14-4-2-1-3-5-14;/h1-5,19H,6-13H2,(H,20,21);1H. The third-order valence-electron chi connectivity index (χ3n) is 4.92. The van der Waals surface area contributed by atoms with Crippen molar-refractivity contribution in [2.24, 2.45) is 0 Å². The Hall–Kier alpha value is -1.89. The highest BCUT2D eigenvalue weighted by Crippen LogP contribution is 2.18. The first-order valence-electron chi connectivity index (χ1n) is 8.63. The summed E-state index contributed by atoms with van der Waals surface area (Å²) in [5.74, 6) is 0.0653. The van der Waals surface area contributed by atoms with Gasteiger partial charge in [-0.15, -0.1) is 12.4 Å². The Kier molecular flexibility index (Phi) is 5.73. The lowest BCUT2D eigenvalue weighted by molar-refractivity contribution is 0.0621. The van der Waals surface area contributed by atoms with E-state index in [0.717, 1.165) is 63.5 Å². The number of amides is 1. The molecular weight excluding hydrogens is 338 g/mol. The topological polar surface area (TPSA) is 64.3 Å². The zero-order chi connectivity index (χ0) is 16.4. The fraction of sp³-hybridized carbons (Fsp3) is 0.444. The Balaban J connectivity index is 0.00000182. The molecular formula is C18H24ClN5O. The van der Waals surface area contributed by atoms with Gasteiger partial charge in [-0.05, 0) is 5.56 Å². The van der Waals surface area contributed by atoms with Crippen LogP contribution in [0.3, 0.4) is 0 Å². The second-order valence-electron chi connectivity index (χ2n) is 6.51. The number of piperazine rings is 1. The smallest absolute Gasteiger partial charge is 0.274 e. The predicted octanol–water partition coefficient (Wildman–Crippen LogP) is 1.44. The lowest BCUT2D eigenvalue weighted by Gasteiger charge is -2.34. The van der Waals surface area contributed by atoms with Gasteiger partial charge in [0.15, 0.2) is 5.69 Å². The SMILES string of the molecule is Cl.O=C(c1n[nH]c2c1CNCC2)N1CCN(Cc2ccccc2)CC1. The van der Waals surface area contributed by atoms with Gasteiger partial charge in [0.05, 0.1) is 0 Å². The molecule has 1 saturated heterocycles. The number of nitrogens with one attached hydrogen (secondary N) is 2. The second kappa shape index (κ2) is 7.99. The molecule has 1 aromatic heterocycles. The number of carbonyl (C=O) groups excluding carboxylic acids is 1. The fourth-order valence-electron chi connectivity index (χ4n) is 3.50. The third-order valence-corrected chi connectivity index (χ3v) is 4.92. The molecule has 3 heterocycles. The monoisotopic (exact) mass is 361 g/mol. The van der Waals surface area contributed by atoms with E-state index in [1.165, 1.54) is 5.56 Å². The number of fused-ring (bicyclic) bond motifs is 1. The molecule has 2 aromatic rings. The van der Waals surface area contributed by atoms with Crippen LogP contribution in [0.1, 0.15) is 27.3 Å². The Labute approximate surface area is 154 Å². The van der Waals surface area contributed by atoms with E-state index in [1.807, 2.05) is 11.0 Å². The van der Waals surface area contributed by atoms with Crippen molar-refractivity contribution in [3.63, 3.8) is 0 Å². The van der Waals surface area contributed by atoms with Crippen molar-refractivity contribution in [1.82, 2.24) is 25.3 Å². The third kappa shape index (κ3) is 3.86. The van der Waals surface area contributed by atoms with Crippen LogP contribution in [-0.2, 0) is 19.5 Å². The van der Waals surface area contributed by atoms with Gasteiger partial charge in [0.25, 0.3) is 5.91 Å². The highest BCUT2D eigenvalue weighted by molar-refractivity contribution is 5.94. The molecule has 0 atom stereocenters. The minimum atomic E-state index is 0. The maximum absolute atomic E-state index is 12.8. The highest BCUT2D eigenvalue weighted by Gasteiger charge is 2.27. The number of carbonyl (C=O) groups is 1. The van der Waals surface area contributed by atoms with Crippen molar-refractivity contribution in [2.45, 2.75) is 19.5 Å². The van der Waals surface area contributed by atoms with Gasteiger partial charge < -0.3 is 10.2 Å². The van der Waals surface area contributed by atoms with Gasteiger partial charge in [-0.25, -0.2) is 0 Å². The van der Waals surface area contributed by atoms with Crippen LogP contribution in [0.4, 0.5) is 0 Å². The number of benzene rings is 1. The average Bonchev–Trinajstić information content (AvgIpc) is 3.07. The van der Waals surface area contributed by atoms with Crippen molar-refractivity contribution < 1.29 is 4.79 Å². The van der Waals surface area contributed by atoms with E-state index in [1.54, 1.807) is 0 Å². The van der Waals surface area contributed by atoms with Gasteiger partial charge in [-0.1, -0.05) is 30.3 Å². The Morgan fingerprint density at radius 1 is 1.12 bits per heavy atom.